The monoisotopic (exact) mass is 310 g/mol. The van der Waals surface area contributed by atoms with Gasteiger partial charge in [-0.1, -0.05) is 29.8 Å². The summed E-state index contributed by atoms with van der Waals surface area (Å²) in [7, 11) is 1.80. The summed E-state index contributed by atoms with van der Waals surface area (Å²) in [6.07, 6.45) is 3.71. The summed E-state index contributed by atoms with van der Waals surface area (Å²) in [5, 5.41) is 6.69. The highest BCUT2D eigenvalue weighted by molar-refractivity contribution is 5.79. The first-order valence-electron chi connectivity index (χ1n) is 8.09. The van der Waals surface area contributed by atoms with Gasteiger partial charge in [0.1, 0.15) is 0 Å². The van der Waals surface area contributed by atoms with E-state index in [0.29, 0.717) is 0 Å². The second-order valence-electron chi connectivity index (χ2n) is 5.68. The van der Waals surface area contributed by atoms with Gasteiger partial charge < -0.3 is 10.6 Å². The molecule has 0 aliphatic rings. The van der Waals surface area contributed by atoms with Gasteiger partial charge in [0.15, 0.2) is 5.96 Å². The lowest BCUT2D eigenvalue weighted by molar-refractivity contribution is 0.775. The zero-order chi connectivity index (χ0) is 16.5. The lowest BCUT2D eigenvalue weighted by atomic mass is 10.0. The molecule has 1 heterocycles. The Balaban J connectivity index is 1.72. The molecule has 23 heavy (non-hydrogen) atoms. The molecule has 0 bridgehead atoms. The standard InChI is InChI=1S/C19H26N4/c1-15-7-8-17(16(2)14-15)9-12-22-19(20-3)23-13-10-18-6-4-5-11-21-18/h4-8,11,14H,9-10,12-13H2,1-3H3,(H2,20,22,23). The Kier molecular flexibility index (Phi) is 6.60. The number of aliphatic imine (C=N–C) groups is 1. The molecular weight excluding hydrogens is 284 g/mol. The van der Waals surface area contributed by atoms with E-state index in [1.165, 1.54) is 16.7 Å². The number of benzene rings is 1. The van der Waals surface area contributed by atoms with Gasteiger partial charge >= 0.3 is 0 Å². The third-order valence-corrected chi connectivity index (χ3v) is 3.81. The quantitative estimate of drug-likeness (QED) is 0.637. The summed E-state index contributed by atoms with van der Waals surface area (Å²) in [4.78, 5) is 8.58. The van der Waals surface area contributed by atoms with Crippen LogP contribution in [0.4, 0.5) is 0 Å². The third-order valence-electron chi connectivity index (χ3n) is 3.81. The maximum atomic E-state index is 4.32. The molecule has 2 N–H and O–H groups in total. The molecule has 0 aliphatic heterocycles. The Morgan fingerprint density at radius 3 is 2.48 bits per heavy atom. The van der Waals surface area contributed by atoms with Gasteiger partial charge in [0.25, 0.3) is 0 Å². The average molecular weight is 310 g/mol. The zero-order valence-electron chi connectivity index (χ0n) is 14.3. The summed E-state index contributed by atoms with van der Waals surface area (Å²) in [5.74, 6) is 0.839. The van der Waals surface area contributed by atoms with Crippen molar-refractivity contribution in [1.82, 2.24) is 15.6 Å². The van der Waals surface area contributed by atoms with E-state index in [2.05, 4.69) is 52.7 Å². The van der Waals surface area contributed by atoms with Gasteiger partial charge in [0.2, 0.25) is 0 Å². The molecule has 2 aromatic rings. The molecule has 4 heteroatoms. The fourth-order valence-electron chi connectivity index (χ4n) is 2.52. The molecule has 4 nitrogen and oxygen atoms in total. The van der Waals surface area contributed by atoms with Crippen LogP contribution in [-0.4, -0.2) is 31.1 Å². The summed E-state index contributed by atoms with van der Waals surface area (Å²) in [5.41, 5.74) is 5.13. The molecule has 0 amide bonds. The molecular formula is C19H26N4. The van der Waals surface area contributed by atoms with E-state index in [1.807, 2.05) is 24.4 Å². The molecule has 1 aromatic carbocycles. The highest BCUT2D eigenvalue weighted by atomic mass is 15.2. The van der Waals surface area contributed by atoms with Crippen LogP contribution in [0.1, 0.15) is 22.4 Å². The van der Waals surface area contributed by atoms with Crippen molar-refractivity contribution >= 4 is 5.96 Å². The summed E-state index contributed by atoms with van der Waals surface area (Å²) in [6.45, 7) is 5.98. The minimum Gasteiger partial charge on any atom is -0.356 e. The maximum absolute atomic E-state index is 4.32. The molecule has 0 unspecified atom stereocenters. The third kappa shape index (κ3) is 5.74. The smallest absolute Gasteiger partial charge is 0.190 e. The van der Waals surface area contributed by atoms with E-state index in [1.54, 1.807) is 7.05 Å². The van der Waals surface area contributed by atoms with Crippen molar-refractivity contribution in [2.75, 3.05) is 20.1 Å². The molecule has 2 rings (SSSR count). The van der Waals surface area contributed by atoms with Crippen molar-refractivity contribution in [2.45, 2.75) is 26.7 Å². The second-order valence-corrected chi connectivity index (χ2v) is 5.68. The number of hydrogen-bond donors (Lipinski definition) is 2. The molecule has 0 saturated heterocycles. The van der Waals surface area contributed by atoms with Crippen molar-refractivity contribution in [3.05, 3.63) is 65.0 Å². The van der Waals surface area contributed by atoms with Crippen LogP contribution in [0.15, 0.2) is 47.6 Å². The topological polar surface area (TPSA) is 49.3 Å². The second kappa shape index (κ2) is 8.93. The number of rotatable bonds is 6. The molecule has 0 saturated carbocycles. The molecule has 0 radical (unpaired) electrons. The van der Waals surface area contributed by atoms with Crippen molar-refractivity contribution < 1.29 is 0 Å². The first kappa shape index (κ1) is 17.0. The van der Waals surface area contributed by atoms with E-state index in [-0.39, 0.29) is 0 Å². The predicted molar refractivity (Wildman–Crippen MR) is 96.9 cm³/mol. The number of hydrogen-bond acceptors (Lipinski definition) is 2. The number of aromatic nitrogens is 1. The normalized spacial score (nSPS) is 11.3. The van der Waals surface area contributed by atoms with Gasteiger partial charge in [-0.15, -0.1) is 0 Å². The summed E-state index contributed by atoms with van der Waals surface area (Å²) in [6, 6.07) is 12.6. The van der Waals surface area contributed by atoms with E-state index < -0.39 is 0 Å². The first-order chi connectivity index (χ1) is 11.2. The van der Waals surface area contributed by atoms with Crippen LogP contribution < -0.4 is 10.6 Å². The molecule has 0 fully saturated rings. The van der Waals surface area contributed by atoms with Crippen molar-refractivity contribution in [3.63, 3.8) is 0 Å². The Labute approximate surface area is 139 Å². The minimum absolute atomic E-state index is 0.820. The van der Waals surface area contributed by atoms with Crippen LogP contribution in [0.3, 0.4) is 0 Å². The van der Waals surface area contributed by atoms with Crippen LogP contribution in [0.25, 0.3) is 0 Å². The highest BCUT2D eigenvalue weighted by Gasteiger charge is 2.01. The number of pyridine rings is 1. The SMILES string of the molecule is CN=C(NCCc1ccccn1)NCCc1ccc(C)cc1C. The van der Waals surface area contributed by atoms with Crippen LogP contribution >= 0.6 is 0 Å². The molecule has 1 aromatic heterocycles. The minimum atomic E-state index is 0.820. The Morgan fingerprint density at radius 1 is 1.04 bits per heavy atom. The lowest BCUT2D eigenvalue weighted by Gasteiger charge is -2.12. The van der Waals surface area contributed by atoms with Gasteiger partial charge in [0, 0.05) is 38.4 Å². The number of aryl methyl sites for hydroxylation is 2. The Hall–Kier alpha value is -2.36. The van der Waals surface area contributed by atoms with Crippen molar-refractivity contribution in [2.24, 2.45) is 4.99 Å². The first-order valence-corrected chi connectivity index (χ1v) is 8.09. The van der Waals surface area contributed by atoms with E-state index in [0.717, 1.165) is 37.6 Å². The van der Waals surface area contributed by atoms with Gasteiger partial charge in [-0.25, -0.2) is 0 Å². The maximum Gasteiger partial charge on any atom is 0.190 e. The average Bonchev–Trinajstić information content (AvgIpc) is 2.56. The van der Waals surface area contributed by atoms with Crippen LogP contribution in [0.2, 0.25) is 0 Å². The van der Waals surface area contributed by atoms with Gasteiger partial charge in [0.05, 0.1) is 0 Å². The number of nitrogens with one attached hydrogen (secondary N) is 2. The predicted octanol–water partition coefficient (Wildman–Crippen LogP) is 2.65. The molecule has 122 valence electrons. The van der Waals surface area contributed by atoms with E-state index in [4.69, 9.17) is 0 Å². The Bertz CT molecular complexity index is 635. The van der Waals surface area contributed by atoms with E-state index >= 15 is 0 Å². The molecule has 0 aliphatic carbocycles. The summed E-state index contributed by atoms with van der Waals surface area (Å²) < 4.78 is 0. The largest absolute Gasteiger partial charge is 0.356 e. The van der Waals surface area contributed by atoms with Crippen molar-refractivity contribution in [3.8, 4) is 0 Å². The lowest BCUT2D eigenvalue weighted by Crippen LogP contribution is -2.39. The van der Waals surface area contributed by atoms with Crippen molar-refractivity contribution in [1.29, 1.82) is 0 Å². The number of guanidine groups is 1. The number of nitrogens with zero attached hydrogens (tertiary/aromatic N) is 2. The van der Waals surface area contributed by atoms with Gasteiger partial charge in [-0.2, -0.15) is 0 Å². The highest BCUT2D eigenvalue weighted by Crippen LogP contribution is 2.10. The van der Waals surface area contributed by atoms with Crippen LogP contribution in [0.5, 0.6) is 0 Å². The summed E-state index contributed by atoms with van der Waals surface area (Å²) >= 11 is 0. The molecule has 0 atom stereocenters. The molecule has 0 spiro atoms. The zero-order valence-corrected chi connectivity index (χ0v) is 14.3. The van der Waals surface area contributed by atoms with Crippen LogP contribution in [0, 0.1) is 13.8 Å². The van der Waals surface area contributed by atoms with Gasteiger partial charge in [-0.05, 0) is 43.5 Å². The van der Waals surface area contributed by atoms with Gasteiger partial charge in [-0.3, -0.25) is 9.98 Å². The fraction of sp³-hybridized carbons (Fsp3) is 0.368. The van der Waals surface area contributed by atoms with E-state index in [9.17, 15) is 0 Å². The van der Waals surface area contributed by atoms with Crippen LogP contribution in [-0.2, 0) is 12.8 Å². The Morgan fingerprint density at radius 2 is 1.83 bits per heavy atom. The fourth-order valence-corrected chi connectivity index (χ4v) is 2.52.